The molecule has 0 spiro atoms. The van der Waals surface area contributed by atoms with Gasteiger partial charge in [0.15, 0.2) is 16.6 Å². The summed E-state index contributed by atoms with van der Waals surface area (Å²) >= 11 is 3.07. The van der Waals surface area contributed by atoms with Crippen LogP contribution in [-0.4, -0.2) is 26.5 Å². The molecule has 7 heteroatoms. The maximum absolute atomic E-state index is 13.0. The number of fused-ring (bicyclic) bond motifs is 2. The molecule has 0 aromatic carbocycles. The van der Waals surface area contributed by atoms with Gasteiger partial charge in [0, 0.05) is 28.2 Å². The van der Waals surface area contributed by atoms with E-state index in [-0.39, 0.29) is 16.8 Å². The first-order valence-electron chi connectivity index (χ1n) is 9.56. The van der Waals surface area contributed by atoms with Gasteiger partial charge in [0.1, 0.15) is 0 Å². The smallest absolute Gasteiger partial charge is 0.261 e. The van der Waals surface area contributed by atoms with Crippen LogP contribution in [0.2, 0.25) is 0 Å². The number of unbranched alkanes of at least 4 members (excludes halogenated alkanes) is 1. The lowest BCUT2D eigenvalue weighted by atomic mass is 9.74. The molecule has 4 rings (SSSR count). The van der Waals surface area contributed by atoms with Gasteiger partial charge in [0.25, 0.3) is 5.56 Å². The van der Waals surface area contributed by atoms with E-state index >= 15 is 0 Å². The number of aromatic amines is 1. The van der Waals surface area contributed by atoms with Crippen LogP contribution in [-0.2, 0) is 6.42 Å². The van der Waals surface area contributed by atoms with Crippen LogP contribution in [0, 0.1) is 5.41 Å². The summed E-state index contributed by atoms with van der Waals surface area (Å²) in [4.78, 5) is 39.2. The number of thiophene rings is 1. The van der Waals surface area contributed by atoms with Crippen LogP contribution < -0.4 is 5.56 Å². The quantitative estimate of drug-likeness (QED) is 0.358. The van der Waals surface area contributed by atoms with Crippen molar-refractivity contribution in [1.29, 1.82) is 0 Å². The Hall–Kier alpha value is -1.99. The third-order valence-corrected chi connectivity index (χ3v) is 6.82. The lowest BCUT2D eigenvalue weighted by molar-refractivity contribution is 0.0911. The zero-order valence-corrected chi connectivity index (χ0v) is 17.9. The van der Waals surface area contributed by atoms with Crippen LogP contribution in [0.25, 0.3) is 21.5 Å². The third-order valence-electron chi connectivity index (χ3n) is 4.98. The second-order valence-electron chi connectivity index (χ2n) is 8.00. The molecule has 0 radical (unpaired) electrons. The standard InChI is InChI=1S/C21H23N3O2S2/c1-4-5-8-28-20-23-18-17(19(26)24-20)16(14-7-6-9-27-14)15-12(22-18)10-21(2,3)11-13(15)25/h6-7,9H,4-5,8,10-11H2,1-3H3,(H,22,23,24,26). The van der Waals surface area contributed by atoms with Crippen molar-refractivity contribution in [2.75, 3.05) is 5.75 Å². The lowest BCUT2D eigenvalue weighted by Crippen LogP contribution is -2.29. The van der Waals surface area contributed by atoms with Gasteiger partial charge in [0.2, 0.25) is 0 Å². The summed E-state index contributed by atoms with van der Waals surface area (Å²) in [6, 6.07) is 3.89. The van der Waals surface area contributed by atoms with E-state index in [1.807, 2.05) is 17.5 Å². The highest BCUT2D eigenvalue weighted by atomic mass is 32.2. The Labute approximate surface area is 172 Å². The molecule has 3 aromatic rings. The van der Waals surface area contributed by atoms with Gasteiger partial charge in [-0.05, 0) is 29.7 Å². The first-order chi connectivity index (χ1) is 13.4. The van der Waals surface area contributed by atoms with Crippen molar-refractivity contribution in [1.82, 2.24) is 15.0 Å². The summed E-state index contributed by atoms with van der Waals surface area (Å²) in [6.45, 7) is 6.31. The number of aromatic nitrogens is 3. The molecular formula is C21H23N3O2S2. The molecule has 3 heterocycles. The number of carbonyl (C=O) groups is 1. The molecule has 1 aliphatic carbocycles. The van der Waals surface area contributed by atoms with Gasteiger partial charge in [-0.1, -0.05) is 45.0 Å². The number of nitrogens with one attached hydrogen (secondary N) is 1. The van der Waals surface area contributed by atoms with Gasteiger partial charge in [-0.2, -0.15) is 0 Å². The summed E-state index contributed by atoms with van der Waals surface area (Å²) in [5.74, 6) is 0.962. The third kappa shape index (κ3) is 3.53. The summed E-state index contributed by atoms with van der Waals surface area (Å²) < 4.78 is 0. The van der Waals surface area contributed by atoms with Crippen molar-refractivity contribution >= 4 is 39.9 Å². The highest BCUT2D eigenvalue weighted by Crippen LogP contribution is 2.41. The molecule has 0 amide bonds. The van der Waals surface area contributed by atoms with Gasteiger partial charge in [-0.25, -0.2) is 9.97 Å². The second kappa shape index (κ2) is 7.44. The predicted molar refractivity (Wildman–Crippen MR) is 116 cm³/mol. The zero-order valence-electron chi connectivity index (χ0n) is 16.3. The van der Waals surface area contributed by atoms with Crippen LogP contribution in [0.4, 0.5) is 0 Å². The van der Waals surface area contributed by atoms with Crippen molar-refractivity contribution in [3.05, 3.63) is 39.1 Å². The molecule has 1 aliphatic rings. The summed E-state index contributed by atoms with van der Waals surface area (Å²) in [6.07, 6.45) is 3.32. The fourth-order valence-electron chi connectivity index (χ4n) is 3.72. The Bertz CT molecular complexity index is 1100. The molecule has 0 fully saturated rings. The molecule has 0 aliphatic heterocycles. The first kappa shape index (κ1) is 19.3. The summed E-state index contributed by atoms with van der Waals surface area (Å²) in [5, 5.41) is 2.98. The molecule has 0 atom stereocenters. The molecule has 0 unspecified atom stereocenters. The number of rotatable bonds is 5. The fourth-order valence-corrected chi connectivity index (χ4v) is 5.44. The largest absolute Gasteiger partial charge is 0.301 e. The van der Waals surface area contributed by atoms with Gasteiger partial charge >= 0.3 is 0 Å². The van der Waals surface area contributed by atoms with Crippen LogP contribution in [0.15, 0.2) is 27.5 Å². The topological polar surface area (TPSA) is 75.7 Å². The molecule has 1 N–H and O–H groups in total. The average Bonchev–Trinajstić information content (AvgIpc) is 3.13. The minimum Gasteiger partial charge on any atom is -0.301 e. The Morgan fingerprint density at radius 3 is 2.75 bits per heavy atom. The number of Topliss-reactive ketones (excluding diaryl/α,β-unsaturated/α-hetero) is 1. The number of ketones is 1. The van der Waals surface area contributed by atoms with Crippen LogP contribution in [0.1, 0.15) is 56.1 Å². The van der Waals surface area contributed by atoms with Crippen LogP contribution in [0.5, 0.6) is 0 Å². The minimum atomic E-state index is -0.222. The number of pyridine rings is 1. The number of carbonyl (C=O) groups excluding carboxylic acids is 1. The molecule has 146 valence electrons. The fraction of sp³-hybridized carbons (Fsp3) is 0.429. The molecule has 3 aromatic heterocycles. The average molecular weight is 414 g/mol. The maximum atomic E-state index is 13.0. The lowest BCUT2D eigenvalue weighted by Gasteiger charge is -2.30. The Morgan fingerprint density at radius 2 is 2.04 bits per heavy atom. The SMILES string of the molecule is CCCCSc1nc2nc3c(c(-c4cccs4)c2c(=O)[nH]1)C(=O)CC(C)(C)C3. The van der Waals surface area contributed by atoms with E-state index in [0.717, 1.165) is 29.2 Å². The van der Waals surface area contributed by atoms with E-state index in [4.69, 9.17) is 4.98 Å². The van der Waals surface area contributed by atoms with Crippen LogP contribution in [0.3, 0.4) is 0 Å². The maximum Gasteiger partial charge on any atom is 0.261 e. The van der Waals surface area contributed by atoms with E-state index in [2.05, 4.69) is 30.7 Å². The second-order valence-corrected chi connectivity index (χ2v) is 10.0. The molecule has 0 saturated heterocycles. The molecule has 0 bridgehead atoms. The van der Waals surface area contributed by atoms with E-state index in [1.165, 1.54) is 11.3 Å². The van der Waals surface area contributed by atoms with E-state index in [0.29, 0.717) is 40.2 Å². The molecular weight excluding hydrogens is 390 g/mol. The van der Waals surface area contributed by atoms with Crippen molar-refractivity contribution in [3.63, 3.8) is 0 Å². The predicted octanol–water partition coefficient (Wildman–Crippen LogP) is 5.09. The number of nitrogens with zero attached hydrogens (tertiary/aromatic N) is 2. The Balaban J connectivity index is 1.98. The normalized spacial score (nSPS) is 15.8. The minimum absolute atomic E-state index is 0.0600. The molecule has 28 heavy (non-hydrogen) atoms. The Morgan fingerprint density at radius 1 is 1.21 bits per heavy atom. The van der Waals surface area contributed by atoms with E-state index < -0.39 is 0 Å². The highest BCUT2D eigenvalue weighted by molar-refractivity contribution is 7.99. The first-order valence-corrected chi connectivity index (χ1v) is 11.4. The molecule has 5 nitrogen and oxygen atoms in total. The van der Waals surface area contributed by atoms with Crippen molar-refractivity contribution in [3.8, 4) is 10.4 Å². The monoisotopic (exact) mass is 413 g/mol. The highest BCUT2D eigenvalue weighted by Gasteiger charge is 2.35. The van der Waals surface area contributed by atoms with Crippen molar-refractivity contribution < 1.29 is 4.79 Å². The van der Waals surface area contributed by atoms with Gasteiger partial charge in [0.05, 0.1) is 11.1 Å². The number of hydrogen-bond donors (Lipinski definition) is 1. The van der Waals surface area contributed by atoms with Gasteiger partial charge in [-0.15, -0.1) is 11.3 Å². The van der Waals surface area contributed by atoms with Crippen molar-refractivity contribution in [2.24, 2.45) is 5.41 Å². The zero-order chi connectivity index (χ0) is 19.9. The Kier molecular flexibility index (Phi) is 5.14. The van der Waals surface area contributed by atoms with Gasteiger partial charge < -0.3 is 4.98 Å². The van der Waals surface area contributed by atoms with E-state index in [9.17, 15) is 9.59 Å². The van der Waals surface area contributed by atoms with Crippen molar-refractivity contribution in [2.45, 2.75) is 51.6 Å². The summed E-state index contributed by atoms with van der Waals surface area (Å²) in [5.41, 5.74) is 2.15. The number of thioether (sulfide) groups is 1. The van der Waals surface area contributed by atoms with Gasteiger partial charge in [-0.3, -0.25) is 9.59 Å². The molecule has 0 saturated carbocycles. The number of hydrogen-bond acceptors (Lipinski definition) is 6. The summed E-state index contributed by atoms with van der Waals surface area (Å²) in [7, 11) is 0. The number of H-pyrrole nitrogens is 1. The van der Waals surface area contributed by atoms with Crippen LogP contribution >= 0.6 is 23.1 Å². The van der Waals surface area contributed by atoms with E-state index in [1.54, 1.807) is 11.8 Å².